The van der Waals surface area contributed by atoms with E-state index in [0.29, 0.717) is 29.4 Å². The highest BCUT2D eigenvalue weighted by molar-refractivity contribution is 5.55. The van der Waals surface area contributed by atoms with Crippen LogP contribution in [-0.4, -0.2) is 9.97 Å². The molecule has 3 N–H and O–H groups in total. The Morgan fingerprint density at radius 2 is 2.00 bits per heavy atom. The van der Waals surface area contributed by atoms with Crippen LogP contribution >= 0.6 is 0 Å². The van der Waals surface area contributed by atoms with Crippen LogP contribution in [0.5, 0.6) is 0 Å². The van der Waals surface area contributed by atoms with Crippen molar-refractivity contribution in [3.8, 4) is 0 Å². The minimum absolute atomic E-state index is 0.131. The van der Waals surface area contributed by atoms with Gasteiger partial charge in [0.05, 0.1) is 0 Å². The number of nitrogens with zero attached hydrogens (tertiary/aromatic N) is 2. The zero-order valence-corrected chi connectivity index (χ0v) is 12.1. The average molecular weight is 292 g/mol. The summed E-state index contributed by atoms with van der Waals surface area (Å²) in [6.07, 6.45) is 1.62. The van der Waals surface area contributed by atoms with E-state index < -0.39 is 11.6 Å². The summed E-state index contributed by atoms with van der Waals surface area (Å²) >= 11 is 0. The fraction of sp³-hybridized carbons (Fsp3) is 0.333. The minimum atomic E-state index is -0.473. The number of hydrogen-bond donors (Lipinski definition) is 2. The lowest BCUT2D eigenvalue weighted by atomic mass is 10.2. The lowest BCUT2D eigenvalue weighted by Crippen LogP contribution is -2.10. The number of hydrogen-bond acceptors (Lipinski definition) is 4. The van der Waals surface area contributed by atoms with E-state index in [0.717, 1.165) is 24.6 Å². The van der Waals surface area contributed by atoms with Crippen molar-refractivity contribution in [3.05, 3.63) is 46.8 Å². The molecule has 2 rings (SSSR count). The van der Waals surface area contributed by atoms with Gasteiger partial charge in [0, 0.05) is 24.1 Å². The zero-order chi connectivity index (χ0) is 15.4. The van der Waals surface area contributed by atoms with E-state index in [4.69, 9.17) is 5.73 Å². The van der Waals surface area contributed by atoms with Crippen molar-refractivity contribution in [1.82, 2.24) is 9.97 Å². The summed E-state index contributed by atoms with van der Waals surface area (Å²) in [5, 5.41) is 3.00. The highest BCUT2D eigenvalue weighted by atomic mass is 19.1. The number of aromatic nitrogens is 2. The van der Waals surface area contributed by atoms with Gasteiger partial charge in [0.1, 0.15) is 29.1 Å². The third-order valence-corrected chi connectivity index (χ3v) is 3.16. The number of aryl methyl sites for hydroxylation is 1. The van der Waals surface area contributed by atoms with E-state index in [1.54, 1.807) is 6.92 Å². The SMILES string of the molecule is CCCc1nc(N)c(C)c(NCc2cc(F)ccc2F)n1. The highest BCUT2D eigenvalue weighted by Gasteiger charge is 2.10. The van der Waals surface area contributed by atoms with Gasteiger partial charge in [0.2, 0.25) is 0 Å². The predicted octanol–water partition coefficient (Wildman–Crippen LogP) is 3.21. The van der Waals surface area contributed by atoms with Crippen LogP contribution in [-0.2, 0) is 13.0 Å². The smallest absolute Gasteiger partial charge is 0.135 e. The lowest BCUT2D eigenvalue weighted by molar-refractivity contribution is 0.587. The summed E-state index contributed by atoms with van der Waals surface area (Å²) < 4.78 is 26.7. The third kappa shape index (κ3) is 3.65. The summed E-state index contributed by atoms with van der Waals surface area (Å²) in [6, 6.07) is 3.36. The topological polar surface area (TPSA) is 63.8 Å². The predicted molar refractivity (Wildman–Crippen MR) is 78.9 cm³/mol. The van der Waals surface area contributed by atoms with E-state index in [1.165, 1.54) is 0 Å². The zero-order valence-electron chi connectivity index (χ0n) is 12.1. The molecule has 2 aromatic rings. The summed E-state index contributed by atoms with van der Waals surface area (Å²) in [7, 11) is 0. The highest BCUT2D eigenvalue weighted by Crippen LogP contribution is 2.19. The molecule has 21 heavy (non-hydrogen) atoms. The van der Waals surface area contributed by atoms with Gasteiger partial charge >= 0.3 is 0 Å². The molecule has 0 saturated heterocycles. The molecular formula is C15H18F2N4. The van der Waals surface area contributed by atoms with Crippen LogP contribution in [0.3, 0.4) is 0 Å². The van der Waals surface area contributed by atoms with Crippen LogP contribution in [0.1, 0.15) is 30.3 Å². The maximum absolute atomic E-state index is 13.6. The number of rotatable bonds is 5. The number of nitrogen functional groups attached to an aromatic ring is 1. The van der Waals surface area contributed by atoms with Crippen molar-refractivity contribution in [3.63, 3.8) is 0 Å². The van der Waals surface area contributed by atoms with Gasteiger partial charge < -0.3 is 11.1 Å². The first-order valence-electron chi connectivity index (χ1n) is 6.82. The van der Waals surface area contributed by atoms with Crippen molar-refractivity contribution in [2.75, 3.05) is 11.1 Å². The van der Waals surface area contributed by atoms with Crippen LogP contribution in [0.25, 0.3) is 0 Å². The molecule has 0 fully saturated rings. The average Bonchev–Trinajstić information content (AvgIpc) is 2.44. The summed E-state index contributed by atoms with van der Waals surface area (Å²) in [5.41, 5.74) is 6.79. The second kappa shape index (κ2) is 6.47. The molecule has 0 aliphatic carbocycles. The first kappa shape index (κ1) is 15.2. The molecule has 4 nitrogen and oxygen atoms in total. The maximum atomic E-state index is 13.6. The fourth-order valence-corrected chi connectivity index (χ4v) is 1.95. The van der Waals surface area contributed by atoms with Gasteiger partial charge in [-0.3, -0.25) is 0 Å². The van der Waals surface area contributed by atoms with Crippen molar-refractivity contribution in [1.29, 1.82) is 0 Å². The van der Waals surface area contributed by atoms with E-state index in [9.17, 15) is 8.78 Å². The molecule has 1 aromatic heterocycles. The third-order valence-electron chi connectivity index (χ3n) is 3.16. The summed E-state index contributed by atoms with van der Waals surface area (Å²) in [5.74, 6) is 0.657. The van der Waals surface area contributed by atoms with Crippen LogP contribution < -0.4 is 11.1 Å². The molecule has 0 amide bonds. The van der Waals surface area contributed by atoms with E-state index >= 15 is 0 Å². The van der Waals surface area contributed by atoms with Gasteiger partial charge in [-0.15, -0.1) is 0 Å². The number of nitrogens with one attached hydrogen (secondary N) is 1. The fourth-order valence-electron chi connectivity index (χ4n) is 1.95. The lowest BCUT2D eigenvalue weighted by Gasteiger charge is -2.12. The van der Waals surface area contributed by atoms with Gasteiger partial charge in [-0.2, -0.15) is 0 Å². The van der Waals surface area contributed by atoms with Crippen molar-refractivity contribution in [2.45, 2.75) is 33.2 Å². The summed E-state index contributed by atoms with van der Waals surface area (Å²) in [6.45, 7) is 3.94. The molecule has 6 heteroatoms. The number of halogens is 2. The largest absolute Gasteiger partial charge is 0.383 e. The van der Waals surface area contributed by atoms with E-state index in [1.807, 2.05) is 6.92 Å². The van der Waals surface area contributed by atoms with Crippen LogP contribution in [0, 0.1) is 18.6 Å². The Kier molecular flexibility index (Phi) is 4.67. The van der Waals surface area contributed by atoms with Crippen LogP contribution in [0.4, 0.5) is 20.4 Å². The molecule has 0 saturated carbocycles. The van der Waals surface area contributed by atoms with E-state index in [-0.39, 0.29) is 12.1 Å². The van der Waals surface area contributed by atoms with E-state index in [2.05, 4.69) is 15.3 Å². The Hall–Kier alpha value is -2.24. The minimum Gasteiger partial charge on any atom is -0.383 e. The molecule has 1 heterocycles. The Morgan fingerprint density at radius 1 is 1.24 bits per heavy atom. The van der Waals surface area contributed by atoms with Gasteiger partial charge in [0.25, 0.3) is 0 Å². The molecule has 0 atom stereocenters. The Morgan fingerprint density at radius 3 is 2.71 bits per heavy atom. The monoisotopic (exact) mass is 292 g/mol. The Bertz CT molecular complexity index is 644. The second-order valence-corrected chi connectivity index (χ2v) is 4.84. The first-order chi connectivity index (χ1) is 10.0. The molecule has 0 spiro atoms. The maximum Gasteiger partial charge on any atom is 0.135 e. The Balaban J connectivity index is 2.21. The Labute approximate surface area is 122 Å². The molecule has 112 valence electrons. The molecule has 0 aliphatic heterocycles. The molecular weight excluding hydrogens is 274 g/mol. The summed E-state index contributed by atoms with van der Waals surface area (Å²) in [4.78, 5) is 8.57. The standard InChI is InChI=1S/C15H18F2N4/c1-3-4-13-20-14(18)9(2)15(21-13)19-8-10-7-11(16)5-6-12(10)17/h5-7H,3-4,8H2,1-2H3,(H3,18,19,20,21). The van der Waals surface area contributed by atoms with Gasteiger partial charge in [-0.1, -0.05) is 6.92 Å². The van der Waals surface area contributed by atoms with Crippen molar-refractivity contribution in [2.24, 2.45) is 0 Å². The molecule has 0 bridgehead atoms. The van der Waals surface area contributed by atoms with Crippen molar-refractivity contribution >= 4 is 11.6 Å². The molecule has 0 radical (unpaired) electrons. The van der Waals surface area contributed by atoms with Gasteiger partial charge in [0.15, 0.2) is 0 Å². The normalized spacial score (nSPS) is 10.7. The quantitative estimate of drug-likeness (QED) is 0.888. The van der Waals surface area contributed by atoms with Crippen LogP contribution in [0.2, 0.25) is 0 Å². The molecule has 0 unspecified atom stereocenters. The molecule has 0 aliphatic rings. The van der Waals surface area contributed by atoms with Crippen LogP contribution in [0.15, 0.2) is 18.2 Å². The molecule has 1 aromatic carbocycles. The van der Waals surface area contributed by atoms with Gasteiger partial charge in [-0.05, 0) is 31.5 Å². The number of nitrogens with two attached hydrogens (primary N) is 1. The number of anilines is 2. The first-order valence-corrected chi connectivity index (χ1v) is 6.82. The number of benzene rings is 1. The van der Waals surface area contributed by atoms with Crippen molar-refractivity contribution < 1.29 is 8.78 Å². The second-order valence-electron chi connectivity index (χ2n) is 4.84. The van der Waals surface area contributed by atoms with Gasteiger partial charge in [-0.25, -0.2) is 18.7 Å².